The predicted octanol–water partition coefficient (Wildman–Crippen LogP) is 2.85. The zero-order chi connectivity index (χ0) is 18.1. The van der Waals surface area contributed by atoms with Crippen LogP contribution in [-0.2, 0) is 17.8 Å². The Labute approximate surface area is 151 Å². The van der Waals surface area contributed by atoms with E-state index >= 15 is 0 Å². The van der Waals surface area contributed by atoms with E-state index in [4.69, 9.17) is 4.84 Å². The molecule has 1 aliphatic heterocycles. The zero-order valence-electron chi connectivity index (χ0n) is 14.9. The Morgan fingerprint density at radius 3 is 3.04 bits per heavy atom. The fourth-order valence-corrected chi connectivity index (χ4v) is 3.33. The van der Waals surface area contributed by atoms with Crippen LogP contribution in [0.25, 0.3) is 10.9 Å². The summed E-state index contributed by atoms with van der Waals surface area (Å²) in [4.78, 5) is 23.2. The van der Waals surface area contributed by atoms with E-state index in [0.717, 1.165) is 34.3 Å². The van der Waals surface area contributed by atoms with Gasteiger partial charge < -0.3 is 14.7 Å². The molecule has 0 fully saturated rings. The van der Waals surface area contributed by atoms with E-state index in [-0.39, 0.29) is 5.91 Å². The number of hydrogen-bond acceptors (Lipinski definition) is 4. The molecule has 2 aromatic heterocycles. The molecule has 1 aromatic carbocycles. The highest BCUT2D eigenvalue weighted by molar-refractivity contribution is 6.00. The number of oxime groups is 1. The molecule has 7 nitrogen and oxygen atoms in total. The topological polar surface area (TPSA) is 86.4 Å². The number of carbonyl (C=O) groups is 1. The Hall–Kier alpha value is -3.09. The van der Waals surface area contributed by atoms with E-state index in [9.17, 15) is 4.79 Å². The molecule has 0 atom stereocenters. The fourth-order valence-electron chi connectivity index (χ4n) is 3.33. The molecule has 3 aromatic rings. The van der Waals surface area contributed by atoms with Gasteiger partial charge >= 0.3 is 0 Å². The molecule has 0 saturated heterocycles. The summed E-state index contributed by atoms with van der Waals surface area (Å²) in [6.45, 7) is 5.43. The van der Waals surface area contributed by atoms with Gasteiger partial charge in [0.15, 0.2) is 0 Å². The first-order valence-electron chi connectivity index (χ1n) is 8.77. The summed E-state index contributed by atoms with van der Waals surface area (Å²) in [5, 5.41) is 12.6. The Morgan fingerprint density at radius 1 is 1.38 bits per heavy atom. The maximum Gasteiger partial charge on any atom is 0.270 e. The maximum absolute atomic E-state index is 13.0. The maximum atomic E-state index is 13.0. The van der Waals surface area contributed by atoms with Crippen LogP contribution in [0.1, 0.15) is 41.3 Å². The summed E-state index contributed by atoms with van der Waals surface area (Å²) < 4.78 is 0. The van der Waals surface area contributed by atoms with Crippen molar-refractivity contribution in [3.05, 3.63) is 53.0 Å². The first kappa shape index (κ1) is 16.4. The third-order valence-electron chi connectivity index (χ3n) is 4.65. The van der Waals surface area contributed by atoms with Gasteiger partial charge in [0, 0.05) is 35.1 Å². The number of amides is 1. The van der Waals surface area contributed by atoms with Crippen LogP contribution in [-0.4, -0.2) is 44.9 Å². The first-order chi connectivity index (χ1) is 12.7. The van der Waals surface area contributed by atoms with Gasteiger partial charge in [0.2, 0.25) is 0 Å². The van der Waals surface area contributed by atoms with E-state index in [1.54, 1.807) is 0 Å². The van der Waals surface area contributed by atoms with Crippen LogP contribution in [0.2, 0.25) is 0 Å². The summed E-state index contributed by atoms with van der Waals surface area (Å²) in [5.74, 6) is -0.00148. The number of carbonyl (C=O) groups excluding carboxylic acids is 1. The van der Waals surface area contributed by atoms with Crippen molar-refractivity contribution in [1.82, 2.24) is 20.1 Å². The molecule has 3 heterocycles. The van der Waals surface area contributed by atoms with Crippen LogP contribution < -0.4 is 0 Å². The number of benzene rings is 1. The Balaban J connectivity index is 1.59. The average molecular weight is 351 g/mol. The molecular formula is C19H21N5O2. The minimum Gasteiger partial charge on any atom is -0.396 e. The standard InChI is InChI=1S/C19H21N5O2/c1-3-26-23-12(2)18-14-11-24(9-8-16(14)21-22-18)19(25)17-10-13-6-4-5-7-15(13)20-17/h4-7,10,20H,3,8-9,11H2,1-2H3,(H,21,22). The molecule has 0 bridgehead atoms. The van der Waals surface area contributed by atoms with Gasteiger partial charge in [-0.25, -0.2) is 0 Å². The lowest BCUT2D eigenvalue weighted by Gasteiger charge is -2.26. The first-order valence-corrected chi connectivity index (χ1v) is 8.77. The molecule has 4 rings (SSSR count). The zero-order valence-corrected chi connectivity index (χ0v) is 14.9. The van der Waals surface area contributed by atoms with E-state index in [1.165, 1.54) is 0 Å². The second kappa shape index (κ2) is 6.67. The minimum atomic E-state index is -0.00148. The van der Waals surface area contributed by atoms with Crippen molar-refractivity contribution >= 4 is 22.5 Å². The lowest BCUT2D eigenvalue weighted by atomic mass is 10.0. The average Bonchev–Trinajstić information content (AvgIpc) is 3.28. The number of para-hydroxylation sites is 1. The molecule has 26 heavy (non-hydrogen) atoms. The van der Waals surface area contributed by atoms with Crippen molar-refractivity contribution < 1.29 is 9.63 Å². The van der Waals surface area contributed by atoms with Crippen molar-refractivity contribution in [1.29, 1.82) is 0 Å². The van der Waals surface area contributed by atoms with Gasteiger partial charge in [-0.05, 0) is 26.0 Å². The highest BCUT2D eigenvalue weighted by Gasteiger charge is 2.27. The lowest BCUT2D eigenvalue weighted by Crippen LogP contribution is -2.36. The number of hydrogen-bond donors (Lipinski definition) is 2. The highest BCUT2D eigenvalue weighted by Crippen LogP contribution is 2.23. The third kappa shape index (κ3) is 2.85. The Bertz CT molecular complexity index is 952. The predicted molar refractivity (Wildman–Crippen MR) is 99.2 cm³/mol. The summed E-state index contributed by atoms with van der Waals surface area (Å²) in [6, 6.07) is 9.81. The monoisotopic (exact) mass is 351 g/mol. The van der Waals surface area contributed by atoms with Crippen molar-refractivity contribution in [3.63, 3.8) is 0 Å². The van der Waals surface area contributed by atoms with Crippen molar-refractivity contribution in [2.45, 2.75) is 26.8 Å². The molecule has 7 heteroatoms. The largest absolute Gasteiger partial charge is 0.396 e. The number of rotatable bonds is 4. The van der Waals surface area contributed by atoms with Gasteiger partial charge in [0.1, 0.15) is 23.7 Å². The molecule has 0 unspecified atom stereocenters. The van der Waals surface area contributed by atoms with Gasteiger partial charge in [0.25, 0.3) is 5.91 Å². The van der Waals surface area contributed by atoms with E-state index in [2.05, 4.69) is 20.3 Å². The molecule has 0 saturated carbocycles. The van der Waals surface area contributed by atoms with Crippen molar-refractivity contribution in [2.75, 3.05) is 13.2 Å². The van der Waals surface area contributed by atoms with Gasteiger partial charge in [-0.2, -0.15) is 5.10 Å². The summed E-state index contributed by atoms with van der Waals surface area (Å²) >= 11 is 0. The quantitative estimate of drug-likeness (QED) is 0.560. The minimum absolute atomic E-state index is 0.00148. The number of fused-ring (bicyclic) bond motifs is 2. The molecule has 1 amide bonds. The highest BCUT2D eigenvalue weighted by atomic mass is 16.6. The third-order valence-corrected chi connectivity index (χ3v) is 4.65. The second-order valence-corrected chi connectivity index (χ2v) is 6.37. The van der Waals surface area contributed by atoms with Crippen LogP contribution in [0.3, 0.4) is 0 Å². The smallest absolute Gasteiger partial charge is 0.270 e. The Morgan fingerprint density at radius 2 is 2.23 bits per heavy atom. The number of nitrogens with one attached hydrogen (secondary N) is 2. The van der Waals surface area contributed by atoms with Gasteiger partial charge in [-0.3, -0.25) is 9.89 Å². The molecule has 1 aliphatic rings. The molecule has 134 valence electrons. The Kier molecular flexibility index (Phi) is 4.20. The second-order valence-electron chi connectivity index (χ2n) is 6.37. The molecule has 0 radical (unpaired) electrons. The van der Waals surface area contributed by atoms with Gasteiger partial charge in [0.05, 0.1) is 6.54 Å². The molecule has 0 aliphatic carbocycles. The van der Waals surface area contributed by atoms with E-state index in [1.807, 2.05) is 49.1 Å². The fraction of sp³-hybridized carbons (Fsp3) is 0.316. The van der Waals surface area contributed by atoms with Crippen LogP contribution in [0, 0.1) is 0 Å². The lowest BCUT2D eigenvalue weighted by molar-refractivity contribution is 0.0729. The van der Waals surface area contributed by atoms with Gasteiger partial charge in [-0.15, -0.1) is 0 Å². The van der Waals surface area contributed by atoms with Crippen LogP contribution in [0.15, 0.2) is 35.5 Å². The molecule has 2 N–H and O–H groups in total. The SMILES string of the molecule is CCON=C(C)c1n[nH]c2c1CN(C(=O)c1cc3ccccc3[nH]1)CC2. The number of nitrogens with zero attached hydrogens (tertiary/aromatic N) is 3. The number of aromatic amines is 2. The van der Waals surface area contributed by atoms with Gasteiger partial charge in [-0.1, -0.05) is 23.4 Å². The normalized spacial score (nSPS) is 14.5. The number of H-pyrrole nitrogens is 2. The summed E-state index contributed by atoms with van der Waals surface area (Å²) in [6.07, 6.45) is 0.746. The van der Waals surface area contributed by atoms with Crippen LogP contribution >= 0.6 is 0 Å². The van der Waals surface area contributed by atoms with E-state index in [0.29, 0.717) is 31.1 Å². The van der Waals surface area contributed by atoms with Crippen molar-refractivity contribution in [2.24, 2.45) is 5.16 Å². The van der Waals surface area contributed by atoms with Crippen molar-refractivity contribution in [3.8, 4) is 0 Å². The molecule has 0 spiro atoms. The summed E-state index contributed by atoms with van der Waals surface area (Å²) in [7, 11) is 0. The molecular weight excluding hydrogens is 330 g/mol. The van der Waals surface area contributed by atoms with Crippen LogP contribution in [0.5, 0.6) is 0 Å². The van der Waals surface area contributed by atoms with Crippen LogP contribution in [0.4, 0.5) is 0 Å². The number of aromatic nitrogens is 3. The summed E-state index contributed by atoms with van der Waals surface area (Å²) in [5.41, 5.74) is 5.14. The van der Waals surface area contributed by atoms with E-state index < -0.39 is 0 Å².